The molecule has 2 aliphatic rings. The Morgan fingerprint density at radius 1 is 1.11 bits per heavy atom. The Hall–Kier alpha value is -2.93. The number of halogens is 1. The lowest BCUT2D eigenvalue weighted by Gasteiger charge is -2.41. The predicted molar refractivity (Wildman–Crippen MR) is 179 cm³/mol. The van der Waals surface area contributed by atoms with Gasteiger partial charge in [0, 0.05) is 60.8 Å². The number of carboxylic acid groups (broad SMARTS) is 1. The zero-order chi connectivity index (χ0) is 31.8. The third kappa shape index (κ3) is 6.98. The molecular weight excluding hydrogens is 570 g/mol. The molecule has 0 radical (unpaired) electrons. The number of carbonyl (C=O) groups is 1. The van der Waals surface area contributed by atoms with Crippen molar-refractivity contribution in [3.05, 3.63) is 81.1 Å². The molecule has 0 spiro atoms. The zero-order valence-corrected chi connectivity index (χ0v) is 28.2. The van der Waals surface area contributed by atoms with E-state index in [2.05, 4.69) is 54.8 Å². The van der Waals surface area contributed by atoms with Crippen LogP contribution in [-0.4, -0.2) is 46.2 Å². The molecule has 2 aliphatic heterocycles. The minimum Gasteiger partial charge on any atom is -0.479 e. The van der Waals surface area contributed by atoms with Gasteiger partial charge < -0.3 is 14.7 Å². The van der Waals surface area contributed by atoms with E-state index in [0.29, 0.717) is 17.7 Å². The van der Waals surface area contributed by atoms with Crippen molar-refractivity contribution in [2.24, 2.45) is 5.41 Å². The summed E-state index contributed by atoms with van der Waals surface area (Å²) in [5.74, 6) is -0.980. The lowest BCUT2D eigenvalue weighted by Crippen LogP contribution is -2.39. The van der Waals surface area contributed by atoms with Crippen molar-refractivity contribution in [3.8, 4) is 11.1 Å². The molecule has 0 saturated carbocycles. The maximum Gasteiger partial charge on any atom is 0.337 e. The highest BCUT2D eigenvalue weighted by Crippen LogP contribution is 2.44. The van der Waals surface area contributed by atoms with Crippen molar-refractivity contribution in [2.45, 2.75) is 98.9 Å². The largest absolute Gasteiger partial charge is 0.479 e. The zero-order valence-electron chi connectivity index (χ0n) is 27.5. The van der Waals surface area contributed by atoms with Crippen LogP contribution in [0.1, 0.15) is 93.5 Å². The number of carboxylic acids is 1. The van der Waals surface area contributed by atoms with Crippen LogP contribution >= 0.6 is 11.6 Å². The SMILES string of the molecule is CCC(C)(C)OC(C(=O)O)c1c(C)ncc(-c2ccc3c(c2)CCN(Cc2c(C)cccc2Cl)C3)c1N1CCC(C)(C)CC1. The number of hydrogen-bond acceptors (Lipinski definition) is 5. The van der Waals surface area contributed by atoms with Crippen molar-refractivity contribution in [2.75, 3.05) is 24.5 Å². The van der Waals surface area contributed by atoms with Crippen LogP contribution < -0.4 is 4.90 Å². The molecule has 5 rings (SSSR count). The molecule has 1 fully saturated rings. The molecule has 1 unspecified atom stereocenters. The summed E-state index contributed by atoms with van der Waals surface area (Å²) in [6, 6.07) is 12.8. The molecule has 3 aromatic rings. The monoisotopic (exact) mass is 617 g/mol. The highest BCUT2D eigenvalue weighted by molar-refractivity contribution is 6.31. The average Bonchev–Trinajstić information content (AvgIpc) is 2.97. The number of hydrogen-bond donors (Lipinski definition) is 1. The topological polar surface area (TPSA) is 65.9 Å². The molecule has 2 aromatic carbocycles. The van der Waals surface area contributed by atoms with Gasteiger partial charge >= 0.3 is 5.97 Å². The van der Waals surface area contributed by atoms with E-state index in [4.69, 9.17) is 21.3 Å². The van der Waals surface area contributed by atoms with E-state index in [1.807, 2.05) is 46.0 Å². The number of fused-ring (bicyclic) bond motifs is 1. The van der Waals surface area contributed by atoms with Crippen molar-refractivity contribution in [1.82, 2.24) is 9.88 Å². The Balaban J connectivity index is 1.54. The van der Waals surface area contributed by atoms with E-state index in [-0.39, 0.29) is 5.41 Å². The van der Waals surface area contributed by atoms with E-state index < -0.39 is 17.7 Å². The van der Waals surface area contributed by atoms with Crippen LogP contribution in [0.15, 0.2) is 42.6 Å². The Morgan fingerprint density at radius 2 is 1.84 bits per heavy atom. The number of benzene rings is 2. The van der Waals surface area contributed by atoms with Gasteiger partial charge in [0.05, 0.1) is 11.3 Å². The number of aliphatic carboxylic acids is 1. The van der Waals surface area contributed by atoms with Gasteiger partial charge in [-0.2, -0.15) is 0 Å². The standard InChI is InChI=1S/C37H48ClN3O3/c1-8-37(6,7)44-34(35(42)43)32-25(3)39-21-29(33(32)41-18-15-36(4,5)16-19-41)27-12-13-28-22-40(17-14-26(28)20-27)23-30-24(2)10-9-11-31(30)38/h9-13,20-21,34H,8,14-19,22-23H2,1-7H3,(H,42,43). The minimum atomic E-state index is -1.11. The maximum atomic E-state index is 12.8. The van der Waals surface area contributed by atoms with Gasteiger partial charge in [0.15, 0.2) is 6.10 Å². The van der Waals surface area contributed by atoms with Crippen molar-refractivity contribution in [1.29, 1.82) is 0 Å². The fourth-order valence-electron chi connectivity index (χ4n) is 6.45. The van der Waals surface area contributed by atoms with Crippen LogP contribution in [-0.2, 0) is 29.0 Å². The van der Waals surface area contributed by atoms with Crippen molar-refractivity contribution < 1.29 is 14.6 Å². The van der Waals surface area contributed by atoms with Crippen LogP contribution in [0.25, 0.3) is 11.1 Å². The molecule has 1 atom stereocenters. The number of anilines is 1. The second kappa shape index (κ2) is 12.8. The number of aryl methyl sites for hydroxylation is 2. The normalized spacial score (nSPS) is 17.8. The van der Waals surface area contributed by atoms with Gasteiger partial charge in [0.25, 0.3) is 0 Å². The van der Waals surface area contributed by atoms with Gasteiger partial charge in [-0.3, -0.25) is 9.88 Å². The summed E-state index contributed by atoms with van der Waals surface area (Å²) in [4.78, 5) is 22.5. The molecule has 44 heavy (non-hydrogen) atoms. The van der Waals surface area contributed by atoms with Gasteiger partial charge in [0.2, 0.25) is 0 Å². The number of aromatic nitrogens is 1. The summed E-state index contributed by atoms with van der Waals surface area (Å²) in [7, 11) is 0. The Labute approximate surface area is 268 Å². The number of ether oxygens (including phenoxy) is 1. The lowest BCUT2D eigenvalue weighted by molar-refractivity contribution is -0.162. The van der Waals surface area contributed by atoms with E-state index in [1.165, 1.54) is 22.3 Å². The first-order chi connectivity index (χ1) is 20.8. The van der Waals surface area contributed by atoms with Crippen molar-refractivity contribution in [3.63, 3.8) is 0 Å². The van der Waals surface area contributed by atoms with Gasteiger partial charge in [-0.05, 0) is 92.7 Å². The number of piperidine rings is 1. The Bertz CT molecular complexity index is 1500. The van der Waals surface area contributed by atoms with Gasteiger partial charge in [-0.15, -0.1) is 0 Å². The summed E-state index contributed by atoms with van der Waals surface area (Å²) in [5.41, 5.74) is 9.13. The first kappa shape index (κ1) is 32.5. The number of pyridine rings is 1. The molecule has 1 saturated heterocycles. The molecule has 0 amide bonds. The van der Waals surface area contributed by atoms with Gasteiger partial charge in [-0.1, -0.05) is 62.7 Å². The second-order valence-electron chi connectivity index (χ2n) is 14.1. The van der Waals surface area contributed by atoms with E-state index >= 15 is 0 Å². The maximum absolute atomic E-state index is 12.8. The molecule has 0 bridgehead atoms. The lowest BCUT2D eigenvalue weighted by atomic mass is 9.82. The highest BCUT2D eigenvalue weighted by Gasteiger charge is 2.36. The van der Waals surface area contributed by atoms with E-state index in [9.17, 15) is 9.90 Å². The third-order valence-electron chi connectivity index (χ3n) is 9.84. The van der Waals surface area contributed by atoms with Crippen molar-refractivity contribution >= 4 is 23.3 Å². The van der Waals surface area contributed by atoms with Gasteiger partial charge in [-0.25, -0.2) is 4.79 Å². The molecule has 6 nitrogen and oxygen atoms in total. The summed E-state index contributed by atoms with van der Waals surface area (Å²) >= 11 is 6.56. The van der Waals surface area contributed by atoms with Gasteiger partial charge in [0.1, 0.15) is 0 Å². The summed E-state index contributed by atoms with van der Waals surface area (Å²) < 4.78 is 6.37. The average molecular weight is 618 g/mol. The smallest absolute Gasteiger partial charge is 0.337 e. The molecule has 7 heteroatoms. The molecule has 3 heterocycles. The second-order valence-corrected chi connectivity index (χ2v) is 14.5. The minimum absolute atomic E-state index is 0.256. The molecule has 236 valence electrons. The summed E-state index contributed by atoms with van der Waals surface area (Å²) in [6.07, 6.45) is 4.55. The number of nitrogens with zero attached hydrogens (tertiary/aromatic N) is 3. The third-order valence-corrected chi connectivity index (χ3v) is 10.2. The first-order valence-corrected chi connectivity index (χ1v) is 16.4. The van der Waals surface area contributed by atoms with E-state index in [1.54, 1.807) is 0 Å². The Morgan fingerprint density at radius 3 is 2.50 bits per heavy atom. The first-order valence-electron chi connectivity index (χ1n) is 16.0. The molecular formula is C37H48ClN3O3. The van der Waals surface area contributed by atoms with Crippen LogP contribution in [0, 0.1) is 19.3 Å². The molecule has 1 aromatic heterocycles. The van der Waals surface area contributed by atoms with E-state index in [0.717, 1.165) is 73.8 Å². The number of rotatable bonds is 9. The fourth-order valence-corrected chi connectivity index (χ4v) is 6.73. The highest BCUT2D eigenvalue weighted by atomic mass is 35.5. The molecule has 0 aliphatic carbocycles. The predicted octanol–water partition coefficient (Wildman–Crippen LogP) is 8.53. The van der Waals surface area contributed by atoms with Crippen LogP contribution in [0.3, 0.4) is 0 Å². The fraction of sp³-hybridized carbons (Fsp3) is 0.514. The molecule has 1 N–H and O–H groups in total. The van der Waals surface area contributed by atoms with Crippen LogP contribution in [0.5, 0.6) is 0 Å². The van der Waals surface area contributed by atoms with Crippen LogP contribution in [0.4, 0.5) is 5.69 Å². The van der Waals surface area contributed by atoms with Crippen LogP contribution in [0.2, 0.25) is 5.02 Å². The summed E-state index contributed by atoms with van der Waals surface area (Å²) in [5, 5.41) is 11.3. The Kier molecular flexibility index (Phi) is 9.46. The summed E-state index contributed by atoms with van der Waals surface area (Å²) in [6.45, 7) is 19.0. The quantitative estimate of drug-likeness (QED) is 0.260.